The minimum absolute atomic E-state index is 0.0495. The Hall–Kier alpha value is -3.27. The van der Waals surface area contributed by atoms with E-state index in [0.29, 0.717) is 23.3 Å². The number of aromatic nitrogens is 3. The fourth-order valence-electron chi connectivity index (χ4n) is 3.32. The molecule has 0 amide bonds. The first-order valence-electron chi connectivity index (χ1n) is 9.74. The third-order valence-corrected chi connectivity index (χ3v) is 5.12. The van der Waals surface area contributed by atoms with E-state index in [1.807, 2.05) is 14.1 Å². The second-order valence-corrected chi connectivity index (χ2v) is 7.21. The molecule has 0 radical (unpaired) electrons. The average molecular weight is 432 g/mol. The molecule has 10 heteroatoms. The molecular formula is C21H26F2N6O2. The van der Waals surface area contributed by atoms with Crippen molar-refractivity contribution in [1.29, 1.82) is 0 Å². The van der Waals surface area contributed by atoms with Crippen LogP contribution in [0.25, 0.3) is 22.2 Å². The zero-order valence-electron chi connectivity index (χ0n) is 18.2. The first-order valence-corrected chi connectivity index (χ1v) is 9.74. The Balaban J connectivity index is 2.20. The number of halogens is 2. The Labute approximate surface area is 179 Å². The van der Waals surface area contributed by atoms with E-state index in [9.17, 15) is 0 Å². The molecule has 0 saturated carbocycles. The number of fused-ring (bicyclic) bond motifs is 1. The number of likely N-dealkylation sites (N-methyl/N-ethyl adjacent to an activating group) is 1. The predicted molar refractivity (Wildman–Crippen MR) is 116 cm³/mol. The first-order chi connectivity index (χ1) is 14.8. The molecule has 0 fully saturated rings. The van der Waals surface area contributed by atoms with Crippen molar-refractivity contribution in [1.82, 2.24) is 19.9 Å². The van der Waals surface area contributed by atoms with Crippen LogP contribution in [0.2, 0.25) is 0 Å². The number of nitrogens with one attached hydrogen (secondary N) is 1. The molecule has 3 aromatic rings. The summed E-state index contributed by atoms with van der Waals surface area (Å²) in [7, 11) is 6.54. The van der Waals surface area contributed by atoms with Crippen molar-refractivity contribution < 1.29 is 18.3 Å². The molecule has 166 valence electrons. The van der Waals surface area contributed by atoms with Gasteiger partial charge in [0.05, 0.1) is 25.5 Å². The normalized spacial score (nSPS) is 12.3. The molecule has 0 aliphatic carbocycles. The summed E-state index contributed by atoms with van der Waals surface area (Å²) in [6.07, 6.45) is 2.38. The van der Waals surface area contributed by atoms with Crippen molar-refractivity contribution in [2.45, 2.75) is 19.4 Å². The van der Waals surface area contributed by atoms with Gasteiger partial charge >= 0.3 is 0 Å². The summed E-state index contributed by atoms with van der Waals surface area (Å²) in [5, 5.41) is 3.78. The minimum Gasteiger partial charge on any atom is -0.494 e. The number of anilines is 2. The highest BCUT2D eigenvalue weighted by Crippen LogP contribution is 2.38. The van der Waals surface area contributed by atoms with Crippen LogP contribution in [0, 0.1) is 11.6 Å². The fourth-order valence-corrected chi connectivity index (χ4v) is 3.32. The van der Waals surface area contributed by atoms with Crippen LogP contribution in [0.5, 0.6) is 11.5 Å². The van der Waals surface area contributed by atoms with Crippen LogP contribution in [0.1, 0.15) is 13.3 Å². The number of pyridine rings is 1. The molecular weight excluding hydrogens is 406 g/mol. The highest BCUT2D eigenvalue weighted by atomic mass is 19.1. The Bertz CT molecular complexity index is 1070. The monoisotopic (exact) mass is 432 g/mol. The quantitative estimate of drug-likeness (QED) is 0.559. The number of nitrogen functional groups attached to an aromatic ring is 1. The summed E-state index contributed by atoms with van der Waals surface area (Å²) in [6, 6.07) is 2.87. The third kappa shape index (κ3) is 4.43. The maximum Gasteiger partial charge on any atom is 0.220 e. The number of rotatable bonds is 8. The van der Waals surface area contributed by atoms with E-state index in [-0.39, 0.29) is 34.7 Å². The van der Waals surface area contributed by atoms with Crippen LogP contribution in [0.4, 0.5) is 20.5 Å². The highest BCUT2D eigenvalue weighted by molar-refractivity contribution is 5.91. The molecule has 2 aromatic heterocycles. The summed E-state index contributed by atoms with van der Waals surface area (Å²) in [5.74, 6) is -1.65. The summed E-state index contributed by atoms with van der Waals surface area (Å²) in [5.41, 5.74) is 5.90. The third-order valence-electron chi connectivity index (χ3n) is 5.12. The van der Waals surface area contributed by atoms with Crippen molar-refractivity contribution in [2.75, 3.05) is 45.9 Å². The minimum atomic E-state index is -0.880. The van der Waals surface area contributed by atoms with Crippen LogP contribution >= 0.6 is 0 Å². The largest absolute Gasteiger partial charge is 0.494 e. The maximum absolute atomic E-state index is 15.1. The molecule has 0 bridgehead atoms. The standard InChI is InChI=1S/C21H26F2N6O2/c1-6-12(29(2)3)10-25-20-19-11(9-26-21(24)28-19)7-13(27-20)16-17(22)14(30-4)8-15(31-5)18(16)23/h7-9,12H,6,10H2,1-5H3,(H,25,27)(H2,24,26,28). The van der Waals surface area contributed by atoms with Crippen molar-refractivity contribution in [3.05, 3.63) is 30.0 Å². The van der Waals surface area contributed by atoms with Crippen molar-refractivity contribution in [2.24, 2.45) is 0 Å². The topological polar surface area (TPSA) is 98.4 Å². The van der Waals surface area contributed by atoms with Crippen LogP contribution < -0.4 is 20.5 Å². The van der Waals surface area contributed by atoms with Gasteiger partial charge in [-0.2, -0.15) is 0 Å². The van der Waals surface area contributed by atoms with Crippen molar-refractivity contribution in [3.8, 4) is 22.8 Å². The predicted octanol–water partition coefficient (Wildman–Crippen LogP) is 3.32. The molecule has 8 nitrogen and oxygen atoms in total. The average Bonchev–Trinajstić information content (AvgIpc) is 2.74. The maximum atomic E-state index is 15.1. The van der Waals surface area contributed by atoms with Gasteiger partial charge in [-0.25, -0.2) is 23.7 Å². The molecule has 1 atom stereocenters. The molecule has 2 heterocycles. The summed E-state index contributed by atoms with van der Waals surface area (Å²) in [6.45, 7) is 2.62. The van der Waals surface area contributed by atoms with E-state index in [4.69, 9.17) is 15.2 Å². The number of nitrogens with zero attached hydrogens (tertiary/aromatic N) is 4. The summed E-state index contributed by atoms with van der Waals surface area (Å²) in [4.78, 5) is 14.8. The number of benzene rings is 1. The fraction of sp³-hybridized carbons (Fsp3) is 0.381. The van der Waals surface area contributed by atoms with Gasteiger partial charge in [-0.1, -0.05) is 6.92 Å². The highest BCUT2D eigenvalue weighted by Gasteiger charge is 2.24. The lowest BCUT2D eigenvalue weighted by molar-refractivity contribution is 0.298. The van der Waals surface area contributed by atoms with Gasteiger partial charge < -0.3 is 25.4 Å². The zero-order chi connectivity index (χ0) is 22.7. The van der Waals surface area contributed by atoms with Gasteiger partial charge in [-0.3, -0.25) is 0 Å². The number of ether oxygens (including phenoxy) is 2. The lowest BCUT2D eigenvalue weighted by atomic mass is 10.1. The molecule has 0 aliphatic heterocycles. The van der Waals surface area contributed by atoms with Crippen LogP contribution in [0.3, 0.4) is 0 Å². The van der Waals surface area contributed by atoms with Gasteiger partial charge in [-0.15, -0.1) is 0 Å². The second-order valence-electron chi connectivity index (χ2n) is 7.21. The van der Waals surface area contributed by atoms with Crippen LogP contribution in [-0.2, 0) is 0 Å². The van der Waals surface area contributed by atoms with Gasteiger partial charge in [0, 0.05) is 30.2 Å². The van der Waals surface area contributed by atoms with Gasteiger partial charge in [0.25, 0.3) is 0 Å². The smallest absolute Gasteiger partial charge is 0.220 e. The van der Waals surface area contributed by atoms with Crippen molar-refractivity contribution in [3.63, 3.8) is 0 Å². The molecule has 3 rings (SSSR count). The van der Waals surface area contributed by atoms with Gasteiger partial charge in [0.1, 0.15) is 5.52 Å². The Morgan fingerprint density at radius 1 is 1.10 bits per heavy atom. The first kappa shape index (κ1) is 22.4. The number of nitrogens with two attached hydrogens (primary N) is 1. The van der Waals surface area contributed by atoms with E-state index in [1.54, 1.807) is 0 Å². The number of methoxy groups -OCH3 is 2. The van der Waals surface area contributed by atoms with Crippen molar-refractivity contribution >= 4 is 22.7 Å². The van der Waals surface area contributed by atoms with Crippen LogP contribution in [-0.4, -0.2) is 60.8 Å². The molecule has 3 N–H and O–H groups in total. The van der Waals surface area contributed by atoms with E-state index >= 15 is 8.78 Å². The molecule has 1 unspecified atom stereocenters. The van der Waals surface area contributed by atoms with Gasteiger partial charge in [0.2, 0.25) is 5.95 Å². The molecule has 31 heavy (non-hydrogen) atoms. The Morgan fingerprint density at radius 2 is 1.74 bits per heavy atom. The van der Waals surface area contributed by atoms with Gasteiger partial charge in [-0.05, 0) is 26.6 Å². The molecule has 0 aliphatic rings. The Kier molecular flexibility index (Phi) is 6.69. The van der Waals surface area contributed by atoms with E-state index < -0.39 is 11.6 Å². The zero-order valence-corrected chi connectivity index (χ0v) is 18.2. The van der Waals surface area contributed by atoms with Gasteiger partial charge in [0.15, 0.2) is 29.0 Å². The molecule has 0 spiro atoms. The summed E-state index contributed by atoms with van der Waals surface area (Å²) >= 11 is 0. The van der Waals surface area contributed by atoms with E-state index in [1.165, 1.54) is 26.5 Å². The number of hydrogen-bond donors (Lipinski definition) is 2. The summed E-state index contributed by atoms with van der Waals surface area (Å²) < 4.78 is 40.2. The molecule has 0 saturated heterocycles. The SMILES string of the molecule is CCC(CNc1nc(-c2c(F)c(OC)cc(OC)c2F)cc2cnc(N)nc12)N(C)C. The Morgan fingerprint density at radius 3 is 2.29 bits per heavy atom. The lowest BCUT2D eigenvalue weighted by Crippen LogP contribution is -2.34. The van der Waals surface area contributed by atoms with E-state index in [0.717, 1.165) is 12.5 Å². The van der Waals surface area contributed by atoms with Crippen LogP contribution in [0.15, 0.2) is 18.3 Å². The molecule has 1 aromatic carbocycles. The number of hydrogen-bond acceptors (Lipinski definition) is 8. The second kappa shape index (κ2) is 9.25. The van der Waals surface area contributed by atoms with E-state index in [2.05, 4.69) is 32.1 Å². The lowest BCUT2D eigenvalue weighted by Gasteiger charge is -2.23.